The molecule has 0 saturated carbocycles. The standard InChI is InChI=1S/C13H16O5/c1-4-5-11-6-7-12(18-11)8-13(15)17-10(3)16-9(2)14/h4,6-7,10H,1,5,8H2,2-3H3. The quantitative estimate of drug-likeness (QED) is 0.440. The Morgan fingerprint density at radius 3 is 2.67 bits per heavy atom. The molecule has 0 fully saturated rings. The highest BCUT2D eigenvalue weighted by molar-refractivity contribution is 5.72. The Morgan fingerprint density at radius 2 is 2.06 bits per heavy atom. The summed E-state index contributed by atoms with van der Waals surface area (Å²) in [5, 5.41) is 0. The fourth-order valence-electron chi connectivity index (χ4n) is 1.40. The molecule has 1 heterocycles. The van der Waals surface area contributed by atoms with Crippen molar-refractivity contribution < 1.29 is 23.5 Å². The molecular formula is C13H16O5. The van der Waals surface area contributed by atoms with Crippen molar-refractivity contribution in [2.45, 2.75) is 33.0 Å². The summed E-state index contributed by atoms with van der Waals surface area (Å²) in [6.45, 7) is 6.32. The van der Waals surface area contributed by atoms with Crippen molar-refractivity contribution in [3.05, 3.63) is 36.3 Å². The summed E-state index contributed by atoms with van der Waals surface area (Å²) in [4.78, 5) is 22.1. The molecule has 0 bridgehead atoms. The van der Waals surface area contributed by atoms with Gasteiger partial charge in [0.2, 0.25) is 6.29 Å². The lowest BCUT2D eigenvalue weighted by atomic mass is 10.3. The third-order valence-corrected chi connectivity index (χ3v) is 2.01. The first-order chi connectivity index (χ1) is 8.51. The van der Waals surface area contributed by atoms with Gasteiger partial charge in [-0.2, -0.15) is 0 Å². The molecule has 5 nitrogen and oxygen atoms in total. The van der Waals surface area contributed by atoms with Crippen molar-refractivity contribution in [1.82, 2.24) is 0 Å². The minimum Gasteiger partial charge on any atom is -0.465 e. The van der Waals surface area contributed by atoms with Crippen LogP contribution in [-0.2, 0) is 31.9 Å². The fraction of sp³-hybridized carbons (Fsp3) is 0.385. The SMILES string of the molecule is C=CCc1ccc(CC(=O)OC(C)OC(C)=O)o1. The van der Waals surface area contributed by atoms with Crippen molar-refractivity contribution in [1.29, 1.82) is 0 Å². The van der Waals surface area contributed by atoms with Gasteiger partial charge in [-0.05, 0) is 12.1 Å². The summed E-state index contributed by atoms with van der Waals surface area (Å²) in [5.74, 6) is 0.234. The molecule has 0 N–H and O–H groups in total. The number of furan rings is 1. The van der Waals surface area contributed by atoms with E-state index in [1.54, 1.807) is 18.2 Å². The summed E-state index contributed by atoms with van der Waals surface area (Å²) < 4.78 is 14.9. The molecule has 0 aliphatic carbocycles. The van der Waals surface area contributed by atoms with E-state index in [4.69, 9.17) is 9.15 Å². The van der Waals surface area contributed by atoms with Gasteiger partial charge in [0.05, 0.1) is 0 Å². The van der Waals surface area contributed by atoms with E-state index in [2.05, 4.69) is 11.3 Å². The minimum atomic E-state index is -0.891. The van der Waals surface area contributed by atoms with Crippen LogP contribution in [0.2, 0.25) is 0 Å². The van der Waals surface area contributed by atoms with Crippen LogP contribution >= 0.6 is 0 Å². The van der Waals surface area contributed by atoms with Crippen LogP contribution < -0.4 is 0 Å². The van der Waals surface area contributed by atoms with Crippen molar-refractivity contribution >= 4 is 11.9 Å². The maximum atomic E-state index is 11.5. The van der Waals surface area contributed by atoms with Crippen LogP contribution in [0, 0.1) is 0 Å². The summed E-state index contributed by atoms with van der Waals surface area (Å²) in [7, 11) is 0. The van der Waals surface area contributed by atoms with Gasteiger partial charge in [-0.15, -0.1) is 6.58 Å². The highest BCUT2D eigenvalue weighted by atomic mass is 16.7. The fourth-order valence-corrected chi connectivity index (χ4v) is 1.40. The van der Waals surface area contributed by atoms with Gasteiger partial charge in [0.1, 0.15) is 17.9 Å². The number of allylic oxidation sites excluding steroid dienone is 1. The second kappa shape index (κ2) is 6.64. The van der Waals surface area contributed by atoms with Crippen LogP contribution in [0.4, 0.5) is 0 Å². The number of carbonyl (C=O) groups is 2. The highest BCUT2D eigenvalue weighted by Gasteiger charge is 2.14. The van der Waals surface area contributed by atoms with E-state index in [0.717, 1.165) is 5.76 Å². The summed E-state index contributed by atoms with van der Waals surface area (Å²) in [5.41, 5.74) is 0. The van der Waals surface area contributed by atoms with Gasteiger partial charge in [-0.3, -0.25) is 9.59 Å². The average molecular weight is 252 g/mol. The largest absolute Gasteiger partial charge is 0.465 e. The number of esters is 2. The third-order valence-electron chi connectivity index (χ3n) is 2.01. The van der Waals surface area contributed by atoms with Gasteiger partial charge in [0.25, 0.3) is 0 Å². The van der Waals surface area contributed by atoms with Gasteiger partial charge in [-0.1, -0.05) is 6.08 Å². The molecule has 0 aromatic carbocycles. The van der Waals surface area contributed by atoms with Crippen LogP contribution in [0.15, 0.2) is 29.2 Å². The van der Waals surface area contributed by atoms with Crippen molar-refractivity contribution in [2.24, 2.45) is 0 Å². The molecule has 18 heavy (non-hydrogen) atoms. The molecule has 0 saturated heterocycles. The Bertz CT molecular complexity index is 432. The zero-order valence-electron chi connectivity index (χ0n) is 10.5. The van der Waals surface area contributed by atoms with Crippen LogP contribution in [0.3, 0.4) is 0 Å². The maximum Gasteiger partial charge on any atom is 0.316 e. The van der Waals surface area contributed by atoms with E-state index < -0.39 is 18.2 Å². The second-order valence-corrected chi connectivity index (χ2v) is 3.70. The van der Waals surface area contributed by atoms with Crippen LogP contribution in [-0.4, -0.2) is 18.2 Å². The smallest absolute Gasteiger partial charge is 0.316 e. The van der Waals surface area contributed by atoms with E-state index in [9.17, 15) is 9.59 Å². The van der Waals surface area contributed by atoms with Crippen LogP contribution in [0.5, 0.6) is 0 Å². The van der Waals surface area contributed by atoms with E-state index in [0.29, 0.717) is 12.2 Å². The summed E-state index contributed by atoms with van der Waals surface area (Å²) >= 11 is 0. The topological polar surface area (TPSA) is 65.7 Å². The lowest BCUT2D eigenvalue weighted by molar-refractivity contribution is -0.182. The Kier molecular flexibility index (Phi) is 5.17. The molecule has 1 rings (SSSR count). The number of rotatable bonds is 6. The lowest BCUT2D eigenvalue weighted by Gasteiger charge is -2.11. The Hall–Kier alpha value is -2.04. The highest BCUT2D eigenvalue weighted by Crippen LogP contribution is 2.10. The van der Waals surface area contributed by atoms with Gasteiger partial charge in [0, 0.05) is 20.3 Å². The van der Waals surface area contributed by atoms with Gasteiger partial charge < -0.3 is 13.9 Å². The van der Waals surface area contributed by atoms with Gasteiger partial charge in [-0.25, -0.2) is 0 Å². The number of ether oxygens (including phenoxy) is 2. The maximum absolute atomic E-state index is 11.5. The van der Waals surface area contributed by atoms with Crippen molar-refractivity contribution in [3.8, 4) is 0 Å². The Labute approximate surface area is 105 Å². The molecule has 0 aliphatic rings. The van der Waals surface area contributed by atoms with E-state index in [-0.39, 0.29) is 6.42 Å². The molecule has 1 atom stereocenters. The molecule has 0 radical (unpaired) electrons. The first-order valence-electron chi connectivity index (χ1n) is 5.56. The number of hydrogen-bond acceptors (Lipinski definition) is 5. The zero-order valence-corrected chi connectivity index (χ0v) is 10.5. The second-order valence-electron chi connectivity index (χ2n) is 3.70. The van der Waals surface area contributed by atoms with Crippen molar-refractivity contribution in [3.63, 3.8) is 0 Å². The molecule has 0 aliphatic heterocycles. The van der Waals surface area contributed by atoms with E-state index >= 15 is 0 Å². The number of hydrogen-bond donors (Lipinski definition) is 0. The van der Waals surface area contributed by atoms with E-state index in [1.165, 1.54) is 13.8 Å². The first-order valence-corrected chi connectivity index (χ1v) is 5.56. The number of carbonyl (C=O) groups excluding carboxylic acids is 2. The van der Waals surface area contributed by atoms with Crippen LogP contribution in [0.1, 0.15) is 25.4 Å². The van der Waals surface area contributed by atoms with Crippen molar-refractivity contribution in [2.75, 3.05) is 0 Å². The molecule has 0 spiro atoms. The van der Waals surface area contributed by atoms with Gasteiger partial charge in [0.15, 0.2) is 0 Å². The Balaban J connectivity index is 2.43. The summed E-state index contributed by atoms with van der Waals surface area (Å²) in [6.07, 6.45) is 1.43. The molecule has 1 aromatic rings. The average Bonchev–Trinajstić information content (AvgIpc) is 2.64. The molecule has 0 amide bonds. The predicted octanol–water partition coefficient (Wildman–Crippen LogP) is 2.00. The Morgan fingerprint density at radius 1 is 1.39 bits per heavy atom. The third kappa shape index (κ3) is 4.86. The molecule has 1 aromatic heterocycles. The lowest BCUT2D eigenvalue weighted by Crippen LogP contribution is -2.21. The monoisotopic (exact) mass is 252 g/mol. The normalized spacial score (nSPS) is 11.7. The summed E-state index contributed by atoms with van der Waals surface area (Å²) in [6, 6.07) is 3.48. The molecule has 98 valence electrons. The first kappa shape index (κ1) is 14.0. The molecule has 1 unspecified atom stereocenters. The van der Waals surface area contributed by atoms with E-state index in [1.807, 2.05) is 0 Å². The molecule has 5 heteroatoms. The zero-order chi connectivity index (χ0) is 13.5. The van der Waals surface area contributed by atoms with Gasteiger partial charge >= 0.3 is 11.9 Å². The predicted molar refractivity (Wildman–Crippen MR) is 63.6 cm³/mol. The molecular weight excluding hydrogens is 236 g/mol. The van der Waals surface area contributed by atoms with Crippen LogP contribution in [0.25, 0.3) is 0 Å². The minimum absolute atomic E-state index is 0.00273.